The number of nitriles is 1. The molecule has 0 unspecified atom stereocenters. The zero-order chi connectivity index (χ0) is 21.9. The number of rotatable bonds is 3. The Morgan fingerprint density at radius 2 is 2.06 bits per heavy atom. The summed E-state index contributed by atoms with van der Waals surface area (Å²) in [5, 5.41) is 13.5. The summed E-state index contributed by atoms with van der Waals surface area (Å²) in [6.07, 6.45) is 6.57. The predicted octanol–water partition coefficient (Wildman–Crippen LogP) is 0.523. The third kappa shape index (κ3) is 3.01. The quantitative estimate of drug-likeness (QED) is 0.456. The minimum atomic E-state index is -3.34. The Morgan fingerprint density at radius 3 is 2.77 bits per heavy atom. The van der Waals surface area contributed by atoms with Crippen LogP contribution in [0.2, 0.25) is 0 Å². The van der Waals surface area contributed by atoms with Gasteiger partial charge in [0.2, 0.25) is 10.0 Å². The maximum atomic E-state index is 13.0. The van der Waals surface area contributed by atoms with E-state index in [1.54, 1.807) is 46.9 Å². The van der Waals surface area contributed by atoms with Crippen molar-refractivity contribution in [1.82, 2.24) is 33.0 Å². The van der Waals surface area contributed by atoms with Gasteiger partial charge in [0.05, 0.1) is 47.4 Å². The van der Waals surface area contributed by atoms with Gasteiger partial charge in [0, 0.05) is 26.3 Å². The van der Waals surface area contributed by atoms with Gasteiger partial charge in [-0.05, 0) is 18.6 Å². The number of hydrogen-bond donors (Lipinski definition) is 0. The fourth-order valence-corrected chi connectivity index (χ4v) is 4.92. The normalized spacial score (nSPS) is 17.5. The van der Waals surface area contributed by atoms with Gasteiger partial charge in [0.15, 0.2) is 11.5 Å². The van der Waals surface area contributed by atoms with E-state index in [-0.39, 0.29) is 18.3 Å². The Bertz CT molecular complexity index is 1560. The van der Waals surface area contributed by atoms with Crippen LogP contribution in [0.25, 0.3) is 28.1 Å². The van der Waals surface area contributed by atoms with E-state index in [1.807, 2.05) is 0 Å². The summed E-state index contributed by atoms with van der Waals surface area (Å²) in [5.41, 5.74) is 2.51. The van der Waals surface area contributed by atoms with E-state index < -0.39 is 10.0 Å². The van der Waals surface area contributed by atoms with E-state index in [2.05, 4.69) is 21.1 Å². The molecule has 0 spiro atoms. The maximum Gasteiger partial charge on any atom is 0.330 e. The lowest BCUT2D eigenvalue weighted by Crippen LogP contribution is -2.31. The third-order valence-electron chi connectivity index (χ3n) is 5.68. The predicted molar refractivity (Wildman–Crippen MR) is 112 cm³/mol. The number of aromatic nitrogens is 6. The van der Waals surface area contributed by atoms with Gasteiger partial charge < -0.3 is 0 Å². The molecule has 5 rings (SSSR count). The van der Waals surface area contributed by atoms with Crippen molar-refractivity contribution < 1.29 is 8.42 Å². The molecule has 0 aliphatic carbocycles. The Morgan fingerprint density at radius 1 is 1.26 bits per heavy atom. The number of aryl methyl sites for hydroxylation is 1. The van der Waals surface area contributed by atoms with Crippen molar-refractivity contribution in [3.63, 3.8) is 0 Å². The van der Waals surface area contributed by atoms with Crippen molar-refractivity contribution in [3.05, 3.63) is 46.8 Å². The summed E-state index contributed by atoms with van der Waals surface area (Å²) < 4.78 is 29.9. The van der Waals surface area contributed by atoms with E-state index in [4.69, 9.17) is 0 Å². The number of imidazole rings is 1. The first-order valence-electron chi connectivity index (χ1n) is 9.55. The molecular formula is C19H18N8O3S. The van der Waals surface area contributed by atoms with Gasteiger partial charge in [0.25, 0.3) is 0 Å². The Hall–Kier alpha value is -3.56. The molecule has 158 valence electrons. The summed E-state index contributed by atoms with van der Waals surface area (Å²) in [6, 6.07) is 5.16. The van der Waals surface area contributed by atoms with Crippen molar-refractivity contribution in [3.8, 4) is 17.5 Å². The summed E-state index contributed by atoms with van der Waals surface area (Å²) in [7, 11) is -1.70. The summed E-state index contributed by atoms with van der Waals surface area (Å²) in [6.45, 7) is 0.578. The van der Waals surface area contributed by atoms with Crippen LogP contribution >= 0.6 is 0 Å². The van der Waals surface area contributed by atoms with Crippen molar-refractivity contribution in [1.29, 1.82) is 5.26 Å². The number of fused-ring (bicyclic) bond motifs is 2. The van der Waals surface area contributed by atoms with Crippen LogP contribution in [0.15, 0.2) is 35.5 Å². The largest absolute Gasteiger partial charge is 0.330 e. The molecule has 0 radical (unpaired) electrons. The standard InChI is InChI=1S/C19H18N8O3S/c1-24-16-10-21-17(14-9-22-26-6-3-12(8-20)7-15(14)26)23-18(16)27(19(24)28)13-4-5-25(11-13)31(2,29)30/h3,6-7,9-10,13H,4-5,11H2,1-2H3/t13-/m0/s1. The number of sulfonamides is 1. The fourth-order valence-electron chi connectivity index (χ4n) is 4.04. The first-order chi connectivity index (χ1) is 14.8. The molecule has 1 fully saturated rings. The molecule has 12 heteroatoms. The van der Waals surface area contributed by atoms with Crippen LogP contribution in [-0.4, -0.2) is 60.8 Å². The minimum absolute atomic E-state index is 0.222. The molecule has 5 heterocycles. The average molecular weight is 438 g/mol. The smallest absolute Gasteiger partial charge is 0.292 e. The summed E-state index contributed by atoms with van der Waals surface area (Å²) in [5.74, 6) is 0.370. The fraction of sp³-hybridized carbons (Fsp3) is 0.316. The third-order valence-corrected chi connectivity index (χ3v) is 6.95. The molecule has 0 saturated carbocycles. The Balaban J connectivity index is 1.67. The van der Waals surface area contributed by atoms with Gasteiger partial charge in [-0.3, -0.25) is 9.13 Å². The second kappa shape index (κ2) is 6.73. The molecule has 4 aromatic rings. The van der Waals surface area contributed by atoms with Crippen LogP contribution in [0.1, 0.15) is 18.0 Å². The molecule has 0 N–H and O–H groups in total. The van der Waals surface area contributed by atoms with Crippen LogP contribution in [0.3, 0.4) is 0 Å². The zero-order valence-corrected chi connectivity index (χ0v) is 17.6. The molecule has 0 amide bonds. The topological polar surface area (TPSA) is 131 Å². The lowest BCUT2D eigenvalue weighted by atomic mass is 10.2. The van der Waals surface area contributed by atoms with Crippen LogP contribution in [0.5, 0.6) is 0 Å². The van der Waals surface area contributed by atoms with Crippen molar-refractivity contribution in [2.24, 2.45) is 7.05 Å². The number of pyridine rings is 1. The minimum Gasteiger partial charge on any atom is -0.292 e. The molecule has 31 heavy (non-hydrogen) atoms. The van der Waals surface area contributed by atoms with Gasteiger partial charge in [-0.1, -0.05) is 0 Å². The SMILES string of the molecule is Cn1c(=O)n([C@H]2CCN(S(C)(=O)=O)C2)c2nc(-c3cnn4ccc(C#N)cc34)ncc21. The van der Waals surface area contributed by atoms with E-state index in [0.717, 1.165) is 0 Å². The maximum absolute atomic E-state index is 13.0. The van der Waals surface area contributed by atoms with Crippen LogP contribution in [0.4, 0.5) is 0 Å². The van der Waals surface area contributed by atoms with E-state index >= 15 is 0 Å². The number of hydrogen-bond acceptors (Lipinski definition) is 7. The molecule has 1 aliphatic heterocycles. The Labute approximate surface area is 176 Å². The lowest BCUT2D eigenvalue weighted by Gasteiger charge is -2.14. The highest BCUT2D eigenvalue weighted by Crippen LogP contribution is 2.27. The molecule has 1 aliphatic rings. The average Bonchev–Trinajstić information content (AvgIpc) is 3.44. The monoisotopic (exact) mass is 438 g/mol. The van der Waals surface area contributed by atoms with Gasteiger partial charge in [-0.2, -0.15) is 10.4 Å². The highest BCUT2D eigenvalue weighted by atomic mass is 32.2. The zero-order valence-electron chi connectivity index (χ0n) is 16.8. The van der Waals surface area contributed by atoms with Crippen LogP contribution in [-0.2, 0) is 17.1 Å². The Kier molecular flexibility index (Phi) is 4.21. The van der Waals surface area contributed by atoms with Crippen molar-refractivity contribution in [2.75, 3.05) is 19.3 Å². The van der Waals surface area contributed by atoms with Crippen molar-refractivity contribution in [2.45, 2.75) is 12.5 Å². The van der Waals surface area contributed by atoms with Crippen molar-refractivity contribution >= 4 is 26.7 Å². The number of nitrogens with zero attached hydrogens (tertiary/aromatic N) is 8. The highest BCUT2D eigenvalue weighted by Gasteiger charge is 2.32. The second-order valence-corrected chi connectivity index (χ2v) is 9.58. The first kappa shape index (κ1) is 19.4. The van der Waals surface area contributed by atoms with E-state index in [1.165, 1.54) is 15.1 Å². The summed E-state index contributed by atoms with van der Waals surface area (Å²) in [4.78, 5) is 22.1. The molecule has 1 atom stereocenters. The van der Waals surface area contributed by atoms with Crippen LogP contribution < -0.4 is 5.69 Å². The van der Waals surface area contributed by atoms with Crippen LogP contribution in [0, 0.1) is 11.3 Å². The van der Waals surface area contributed by atoms with E-state index in [9.17, 15) is 18.5 Å². The van der Waals surface area contributed by atoms with E-state index in [0.29, 0.717) is 46.6 Å². The first-order valence-corrected chi connectivity index (χ1v) is 11.4. The molecule has 0 bridgehead atoms. The second-order valence-electron chi connectivity index (χ2n) is 7.59. The van der Waals surface area contributed by atoms with Gasteiger partial charge in [-0.15, -0.1) is 0 Å². The summed E-state index contributed by atoms with van der Waals surface area (Å²) >= 11 is 0. The molecule has 1 saturated heterocycles. The molecular weight excluding hydrogens is 420 g/mol. The van der Waals surface area contributed by atoms with Gasteiger partial charge >= 0.3 is 5.69 Å². The van der Waals surface area contributed by atoms with Gasteiger partial charge in [0.1, 0.15) is 5.52 Å². The lowest BCUT2D eigenvalue weighted by molar-refractivity contribution is 0.453. The highest BCUT2D eigenvalue weighted by molar-refractivity contribution is 7.88. The molecule has 11 nitrogen and oxygen atoms in total. The molecule has 4 aromatic heterocycles. The van der Waals surface area contributed by atoms with Gasteiger partial charge in [-0.25, -0.2) is 32.0 Å². The molecule has 0 aromatic carbocycles.